The number of aliphatic hydroxyl groups excluding tert-OH is 1. The van der Waals surface area contributed by atoms with Gasteiger partial charge in [0.15, 0.2) is 0 Å². The van der Waals surface area contributed by atoms with E-state index in [0.717, 1.165) is 56.4 Å². The van der Waals surface area contributed by atoms with Crippen LogP contribution in [0.5, 0.6) is 5.75 Å². The number of hydrogen-bond acceptors (Lipinski definition) is 4. The van der Waals surface area contributed by atoms with Crippen molar-refractivity contribution in [3.63, 3.8) is 0 Å². The monoisotopic (exact) mass is 327 g/mol. The van der Waals surface area contributed by atoms with Crippen LogP contribution < -0.4 is 4.74 Å². The van der Waals surface area contributed by atoms with Gasteiger partial charge >= 0.3 is 0 Å². The quantitative estimate of drug-likeness (QED) is 0.907. The number of nitriles is 1. The molecule has 1 saturated heterocycles. The van der Waals surface area contributed by atoms with Crippen molar-refractivity contribution in [1.29, 1.82) is 5.26 Å². The first kappa shape index (κ1) is 15.9. The first-order chi connectivity index (χ1) is 11.6. The highest BCUT2D eigenvalue weighted by atomic mass is 16.5. The molecule has 3 aliphatic rings. The summed E-state index contributed by atoms with van der Waals surface area (Å²) in [5.74, 6) is 0.921. The van der Waals surface area contributed by atoms with Gasteiger partial charge in [0.05, 0.1) is 30.3 Å². The number of hydrogen-bond donors (Lipinski definition) is 1. The summed E-state index contributed by atoms with van der Waals surface area (Å²) >= 11 is 0. The predicted molar refractivity (Wildman–Crippen MR) is 90.1 cm³/mol. The third kappa shape index (κ3) is 2.34. The number of nitrogens with zero attached hydrogens (tertiary/aromatic N) is 1. The molecule has 4 nitrogen and oxygen atoms in total. The molecule has 1 unspecified atom stereocenters. The summed E-state index contributed by atoms with van der Waals surface area (Å²) in [5, 5.41) is 19.9. The van der Waals surface area contributed by atoms with Gasteiger partial charge in [-0.25, -0.2) is 0 Å². The van der Waals surface area contributed by atoms with E-state index in [2.05, 4.69) is 12.1 Å². The average Bonchev–Trinajstić information content (AvgIpc) is 3.22. The second-order valence-corrected chi connectivity index (χ2v) is 7.69. The Balaban J connectivity index is 1.79. The number of ether oxygens (including phenoxy) is 2. The summed E-state index contributed by atoms with van der Waals surface area (Å²) in [6.45, 7) is 0.835. The minimum Gasteiger partial charge on any atom is -0.496 e. The molecule has 4 rings (SSSR count). The van der Waals surface area contributed by atoms with Crippen LogP contribution in [0.15, 0.2) is 12.1 Å². The summed E-state index contributed by atoms with van der Waals surface area (Å²) in [4.78, 5) is 0. The average molecular weight is 327 g/mol. The Morgan fingerprint density at radius 2 is 1.96 bits per heavy atom. The Kier molecular flexibility index (Phi) is 3.82. The van der Waals surface area contributed by atoms with Crippen LogP contribution in [-0.2, 0) is 23.0 Å². The van der Waals surface area contributed by atoms with Crippen LogP contribution in [0.2, 0.25) is 0 Å². The molecule has 1 saturated carbocycles. The van der Waals surface area contributed by atoms with Crippen LogP contribution in [0.1, 0.15) is 55.2 Å². The molecule has 24 heavy (non-hydrogen) atoms. The van der Waals surface area contributed by atoms with Gasteiger partial charge in [-0.05, 0) is 55.7 Å². The van der Waals surface area contributed by atoms with Crippen molar-refractivity contribution < 1.29 is 14.6 Å². The second kappa shape index (κ2) is 5.75. The van der Waals surface area contributed by atoms with Crippen LogP contribution >= 0.6 is 0 Å². The number of rotatable bonds is 2. The van der Waals surface area contributed by atoms with Crippen molar-refractivity contribution >= 4 is 0 Å². The smallest absolute Gasteiger partial charge is 0.122 e. The van der Waals surface area contributed by atoms with Crippen LogP contribution in [-0.4, -0.2) is 30.5 Å². The van der Waals surface area contributed by atoms with Gasteiger partial charge in [-0.2, -0.15) is 5.26 Å². The van der Waals surface area contributed by atoms with E-state index in [1.807, 2.05) is 6.07 Å². The number of aliphatic hydroxyl groups is 1. The number of methoxy groups -OCH3 is 1. The van der Waals surface area contributed by atoms with Gasteiger partial charge in [0.2, 0.25) is 0 Å². The third-order valence-electron chi connectivity index (χ3n) is 6.33. The van der Waals surface area contributed by atoms with Crippen molar-refractivity contribution in [3.8, 4) is 11.8 Å². The van der Waals surface area contributed by atoms with E-state index < -0.39 is 5.41 Å². The van der Waals surface area contributed by atoms with E-state index >= 15 is 0 Å². The van der Waals surface area contributed by atoms with Gasteiger partial charge in [0.1, 0.15) is 5.75 Å². The second-order valence-electron chi connectivity index (χ2n) is 7.69. The topological polar surface area (TPSA) is 62.5 Å². The van der Waals surface area contributed by atoms with Crippen LogP contribution in [0, 0.1) is 11.3 Å². The summed E-state index contributed by atoms with van der Waals surface area (Å²) in [5.41, 5.74) is 3.10. The highest BCUT2D eigenvalue weighted by Crippen LogP contribution is 2.49. The van der Waals surface area contributed by atoms with Crippen molar-refractivity contribution in [2.24, 2.45) is 0 Å². The highest BCUT2D eigenvalue weighted by Gasteiger charge is 2.47. The largest absolute Gasteiger partial charge is 0.496 e. The maximum absolute atomic E-state index is 10.0. The number of benzene rings is 1. The molecule has 4 heteroatoms. The molecule has 1 heterocycles. The first-order valence-corrected chi connectivity index (χ1v) is 9.04. The molecular weight excluding hydrogens is 302 g/mol. The van der Waals surface area contributed by atoms with Crippen molar-refractivity contribution in [2.45, 2.75) is 68.5 Å². The molecule has 1 N–H and O–H groups in total. The maximum Gasteiger partial charge on any atom is 0.122 e. The molecule has 2 fully saturated rings. The Bertz CT molecular complexity index is 677. The zero-order valence-electron chi connectivity index (χ0n) is 14.3. The molecule has 2 aliphatic carbocycles. The van der Waals surface area contributed by atoms with Gasteiger partial charge in [0, 0.05) is 25.0 Å². The van der Waals surface area contributed by atoms with Gasteiger partial charge in [-0.1, -0.05) is 6.07 Å². The van der Waals surface area contributed by atoms with Crippen LogP contribution in [0.4, 0.5) is 0 Å². The van der Waals surface area contributed by atoms with Gasteiger partial charge in [0.25, 0.3) is 0 Å². The molecule has 1 spiro atoms. The molecule has 1 aromatic rings. The molecule has 0 aromatic heterocycles. The van der Waals surface area contributed by atoms with Crippen LogP contribution in [0.25, 0.3) is 0 Å². The highest BCUT2D eigenvalue weighted by molar-refractivity contribution is 5.54. The van der Waals surface area contributed by atoms with Gasteiger partial charge in [-0.15, -0.1) is 0 Å². The lowest BCUT2D eigenvalue weighted by Gasteiger charge is -2.35. The van der Waals surface area contributed by atoms with Gasteiger partial charge < -0.3 is 14.6 Å². The van der Waals surface area contributed by atoms with E-state index in [0.29, 0.717) is 12.8 Å². The molecule has 1 aromatic carbocycles. The van der Waals surface area contributed by atoms with E-state index in [9.17, 15) is 10.4 Å². The predicted octanol–water partition coefficient (Wildman–Crippen LogP) is 3.04. The summed E-state index contributed by atoms with van der Waals surface area (Å²) < 4.78 is 11.7. The molecule has 0 amide bonds. The number of fused-ring (bicyclic) bond motifs is 1. The lowest BCUT2D eigenvalue weighted by molar-refractivity contribution is 0.0130. The van der Waals surface area contributed by atoms with Crippen molar-refractivity contribution in [1.82, 2.24) is 0 Å². The third-order valence-corrected chi connectivity index (χ3v) is 6.33. The molecule has 0 bridgehead atoms. The lowest BCUT2D eigenvalue weighted by Crippen LogP contribution is -2.34. The lowest BCUT2D eigenvalue weighted by atomic mass is 9.68. The van der Waals surface area contributed by atoms with Crippen LogP contribution in [0.3, 0.4) is 0 Å². The zero-order chi connectivity index (χ0) is 16.8. The minimum absolute atomic E-state index is 0.0868. The summed E-state index contributed by atoms with van der Waals surface area (Å²) in [7, 11) is 1.72. The fourth-order valence-electron chi connectivity index (χ4n) is 4.98. The Labute approximate surface area is 143 Å². The van der Waals surface area contributed by atoms with Crippen molar-refractivity contribution in [2.75, 3.05) is 13.7 Å². The molecule has 0 radical (unpaired) electrons. The molecular formula is C20H25NO3. The summed E-state index contributed by atoms with van der Waals surface area (Å²) in [6.07, 6.45) is 6.59. The summed E-state index contributed by atoms with van der Waals surface area (Å²) in [6, 6.07) is 6.72. The standard InChI is InChI=1S/C20H25NO3/c1-23-18-4-3-17(19(13-21)8-5-14(22)6-9-19)15-11-20(12-16(15)18)7-2-10-24-20/h3-4,14,22H,2,5-12H2,1H3. The maximum atomic E-state index is 10.0. The SMILES string of the molecule is COc1ccc(C2(C#N)CCC(O)CC2)c2c1CC1(CCCO1)C2. The normalized spacial score (nSPS) is 35.0. The minimum atomic E-state index is -0.473. The van der Waals surface area contributed by atoms with E-state index in [4.69, 9.17) is 9.47 Å². The molecule has 128 valence electrons. The van der Waals surface area contributed by atoms with E-state index in [-0.39, 0.29) is 11.7 Å². The Morgan fingerprint density at radius 1 is 1.21 bits per heavy atom. The van der Waals surface area contributed by atoms with Gasteiger partial charge in [-0.3, -0.25) is 0 Å². The first-order valence-electron chi connectivity index (χ1n) is 9.04. The van der Waals surface area contributed by atoms with E-state index in [1.54, 1.807) is 7.11 Å². The Morgan fingerprint density at radius 3 is 2.58 bits per heavy atom. The molecule has 1 aliphatic heterocycles. The fraction of sp³-hybridized carbons (Fsp3) is 0.650. The molecule has 1 atom stereocenters. The Hall–Kier alpha value is -1.57. The zero-order valence-corrected chi connectivity index (χ0v) is 14.3. The van der Waals surface area contributed by atoms with E-state index in [1.165, 1.54) is 11.1 Å². The van der Waals surface area contributed by atoms with Crippen molar-refractivity contribution in [3.05, 3.63) is 28.8 Å². The fourth-order valence-corrected chi connectivity index (χ4v) is 4.98.